The Morgan fingerprint density at radius 3 is 2.75 bits per heavy atom. The zero-order valence-electron chi connectivity index (χ0n) is 20.0. The summed E-state index contributed by atoms with van der Waals surface area (Å²) in [6.45, 7) is 1.95. The van der Waals surface area contributed by atoms with Crippen LogP contribution < -0.4 is 21.3 Å². The molecule has 0 saturated carbocycles. The van der Waals surface area contributed by atoms with E-state index in [9.17, 15) is 14.8 Å². The molecule has 0 bridgehead atoms. The van der Waals surface area contributed by atoms with Gasteiger partial charge in [-0.15, -0.1) is 0 Å². The fourth-order valence-electron chi connectivity index (χ4n) is 4.44. The van der Waals surface area contributed by atoms with Crippen LogP contribution in [0.1, 0.15) is 27.2 Å². The quantitative estimate of drug-likeness (QED) is 0.268. The summed E-state index contributed by atoms with van der Waals surface area (Å²) in [5.41, 5.74) is 10.1. The molecular weight excluding hydrogens is 461 g/mol. The maximum Gasteiger partial charge on any atom is 0.488 e. The number of para-hydroxylation sites is 1. The van der Waals surface area contributed by atoms with Crippen LogP contribution in [0.2, 0.25) is 0 Å². The van der Waals surface area contributed by atoms with Crippen molar-refractivity contribution in [3.63, 3.8) is 0 Å². The number of fused-ring (bicyclic) bond motifs is 2. The average molecular weight is 487 g/mol. The first-order valence-corrected chi connectivity index (χ1v) is 11.5. The Bertz CT molecular complexity index is 1460. The number of methoxy groups -OCH3 is 1. The minimum absolute atomic E-state index is 0.238. The van der Waals surface area contributed by atoms with Crippen LogP contribution in [0.25, 0.3) is 17.0 Å². The molecule has 0 radical (unpaired) electrons. The van der Waals surface area contributed by atoms with E-state index in [0.717, 1.165) is 29.8 Å². The predicted octanol–water partition coefficient (Wildman–Crippen LogP) is 0.203. The zero-order valence-corrected chi connectivity index (χ0v) is 20.0. The Labute approximate surface area is 207 Å². The molecule has 184 valence electrons. The van der Waals surface area contributed by atoms with Crippen LogP contribution in [-0.2, 0) is 19.5 Å². The van der Waals surface area contributed by atoms with E-state index < -0.39 is 13.0 Å². The van der Waals surface area contributed by atoms with Gasteiger partial charge in [0.1, 0.15) is 11.3 Å². The number of hydrogen-bond acceptors (Lipinski definition) is 9. The molecule has 0 unspecified atom stereocenters. The molecule has 4 aromatic rings. The second kappa shape index (κ2) is 9.57. The van der Waals surface area contributed by atoms with E-state index in [-0.39, 0.29) is 11.6 Å². The maximum atomic E-state index is 12.0. The zero-order chi connectivity index (χ0) is 25.4. The number of primary amides is 1. The fourth-order valence-corrected chi connectivity index (χ4v) is 4.44. The number of hydrogen-bond donors (Lipinski definition) is 4. The lowest BCUT2D eigenvalue weighted by atomic mass is 9.79. The van der Waals surface area contributed by atoms with Crippen molar-refractivity contribution < 1.29 is 19.6 Å². The van der Waals surface area contributed by atoms with E-state index in [4.69, 9.17) is 20.4 Å². The molecule has 1 amide bonds. The molecule has 0 spiro atoms. The topological polar surface area (TPSA) is 152 Å². The average Bonchev–Trinajstić information content (AvgIpc) is 3.26. The number of carbonyl (C=O) groups excluding carboxylic acids is 1. The number of benzene rings is 2. The molecule has 1 aliphatic heterocycles. The number of amides is 1. The van der Waals surface area contributed by atoms with Crippen LogP contribution in [-0.4, -0.2) is 68.2 Å². The molecule has 36 heavy (non-hydrogen) atoms. The standard InChI is InChI=1S/C24H26BN7O4/c1-31-10-9-18-17(13-31)22(27-12-14-5-3-6-15(11-14)25(34)35)30-23(28-18)32-19-8-4-7-16(21(26)33)20(19)29-24(32)36-2/h3-8,11,34-35H,9-10,12-13H2,1-2H3,(H2,26,33)(H,27,28,30). The lowest BCUT2D eigenvalue weighted by molar-refractivity contribution is 0.100. The normalized spacial score (nSPS) is 13.4. The van der Waals surface area contributed by atoms with Gasteiger partial charge in [-0.3, -0.25) is 4.79 Å². The molecule has 11 nitrogen and oxygen atoms in total. The number of nitrogens with one attached hydrogen (secondary N) is 1. The van der Waals surface area contributed by atoms with Gasteiger partial charge in [0.2, 0.25) is 5.95 Å². The number of carbonyl (C=O) groups is 1. The van der Waals surface area contributed by atoms with Crippen molar-refractivity contribution in [2.45, 2.75) is 19.5 Å². The summed E-state index contributed by atoms with van der Waals surface area (Å²) in [7, 11) is 2.01. The predicted molar refractivity (Wildman–Crippen MR) is 135 cm³/mol. The van der Waals surface area contributed by atoms with E-state index in [2.05, 4.69) is 15.2 Å². The number of nitrogens with zero attached hydrogens (tertiary/aromatic N) is 5. The minimum atomic E-state index is -1.54. The number of anilines is 1. The van der Waals surface area contributed by atoms with Crippen LogP contribution in [0.4, 0.5) is 5.82 Å². The van der Waals surface area contributed by atoms with Gasteiger partial charge in [-0.2, -0.15) is 9.97 Å². The molecule has 5 N–H and O–H groups in total. The molecule has 3 heterocycles. The number of rotatable bonds is 7. The van der Waals surface area contributed by atoms with Crippen molar-refractivity contribution in [2.75, 3.05) is 26.0 Å². The highest BCUT2D eigenvalue weighted by molar-refractivity contribution is 6.58. The molecule has 12 heteroatoms. The molecule has 0 fully saturated rings. The van der Waals surface area contributed by atoms with Gasteiger partial charge in [0, 0.05) is 31.6 Å². The Morgan fingerprint density at radius 1 is 1.19 bits per heavy atom. The monoisotopic (exact) mass is 487 g/mol. The summed E-state index contributed by atoms with van der Waals surface area (Å²) in [5.74, 6) is 0.438. The summed E-state index contributed by atoms with van der Waals surface area (Å²) < 4.78 is 7.20. The molecule has 0 aliphatic carbocycles. The third kappa shape index (κ3) is 4.37. The van der Waals surface area contributed by atoms with Crippen LogP contribution in [0.3, 0.4) is 0 Å². The summed E-state index contributed by atoms with van der Waals surface area (Å²) in [5, 5.41) is 22.4. The lowest BCUT2D eigenvalue weighted by Crippen LogP contribution is -2.30. The van der Waals surface area contributed by atoms with Gasteiger partial charge in [0.05, 0.1) is 23.9 Å². The van der Waals surface area contributed by atoms with Crippen molar-refractivity contribution >= 4 is 35.3 Å². The number of imidazole rings is 1. The van der Waals surface area contributed by atoms with Gasteiger partial charge in [-0.1, -0.05) is 30.3 Å². The smallest absolute Gasteiger partial charge is 0.468 e. The number of ether oxygens (including phenoxy) is 1. The minimum Gasteiger partial charge on any atom is -0.468 e. The highest BCUT2D eigenvalue weighted by Crippen LogP contribution is 2.30. The summed E-state index contributed by atoms with van der Waals surface area (Å²) in [6, 6.07) is 12.5. The SMILES string of the molecule is COc1nc2c(C(N)=O)cccc2n1-c1nc2c(c(NCc3cccc(B(O)O)c3)n1)CN(C)CC2. The van der Waals surface area contributed by atoms with Crippen LogP contribution in [0, 0.1) is 0 Å². The van der Waals surface area contributed by atoms with Gasteiger partial charge < -0.3 is 30.7 Å². The first-order valence-electron chi connectivity index (χ1n) is 11.5. The molecule has 2 aromatic heterocycles. The summed E-state index contributed by atoms with van der Waals surface area (Å²) in [6.07, 6.45) is 0.740. The Balaban J connectivity index is 1.61. The molecule has 0 atom stereocenters. The highest BCUT2D eigenvalue weighted by Gasteiger charge is 2.25. The van der Waals surface area contributed by atoms with Gasteiger partial charge in [-0.25, -0.2) is 9.55 Å². The second-order valence-electron chi connectivity index (χ2n) is 8.73. The Kier molecular flexibility index (Phi) is 6.31. The van der Waals surface area contributed by atoms with Gasteiger partial charge >= 0.3 is 13.1 Å². The van der Waals surface area contributed by atoms with E-state index in [1.54, 1.807) is 34.9 Å². The Morgan fingerprint density at radius 2 is 2.00 bits per heavy atom. The van der Waals surface area contributed by atoms with E-state index in [1.165, 1.54) is 7.11 Å². The third-order valence-electron chi connectivity index (χ3n) is 6.25. The van der Waals surface area contributed by atoms with Crippen LogP contribution in [0.5, 0.6) is 6.01 Å². The van der Waals surface area contributed by atoms with Gasteiger partial charge in [0.25, 0.3) is 5.91 Å². The molecular formula is C24H26BN7O4. The first kappa shape index (κ1) is 23.7. The maximum absolute atomic E-state index is 12.0. The summed E-state index contributed by atoms with van der Waals surface area (Å²) >= 11 is 0. The van der Waals surface area contributed by atoms with Gasteiger partial charge in [-0.05, 0) is 30.2 Å². The van der Waals surface area contributed by atoms with E-state index >= 15 is 0 Å². The van der Waals surface area contributed by atoms with Crippen LogP contribution >= 0.6 is 0 Å². The van der Waals surface area contributed by atoms with Crippen molar-refractivity contribution in [3.05, 3.63) is 64.8 Å². The van der Waals surface area contributed by atoms with Crippen molar-refractivity contribution in [1.82, 2.24) is 24.4 Å². The lowest BCUT2D eigenvalue weighted by Gasteiger charge is -2.26. The second-order valence-corrected chi connectivity index (χ2v) is 8.73. The summed E-state index contributed by atoms with van der Waals surface area (Å²) in [4.78, 5) is 28.4. The highest BCUT2D eigenvalue weighted by atomic mass is 16.5. The number of nitrogens with two attached hydrogens (primary N) is 1. The number of likely N-dealkylation sites (N-methyl/N-ethyl adjacent to an activating group) is 1. The Hall–Kier alpha value is -4.00. The van der Waals surface area contributed by atoms with Crippen molar-refractivity contribution in [3.8, 4) is 12.0 Å². The molecule has 0 saturated heterocycles. The van der Waals surface area contributed by atoms with Crippen LogP contribution in [0.15, 0.2) is 42.5 Å². The first-order chi connectivity index (χ1) is 17.4. The van der Waals surface area contributed by atoms with E-state index in [1.807, 2.05) is 19.2 Å². The van der Waals surface area contributed by atoms with Crippen molar-refractivity contribution in [2.24, 2.45) is 5.73 Å². The molecule has 2 aromatic carbocycles. The number of aromatic nitrogens is 4. The van der Waals surface area contributed by atoms with Gasteiger partial charge in [0.15, 0.2) is 0 Å². The molecule has 5 rings (SSSR count). The fraction of sp³-hybridized carbons (Fsp3) is 0.250. The van der Waals surface area contributed by atoms with E-state index in [0.29, 0.717) is 41.4 Å². The third-order valence-corrected chi connectivity index (χ3v) is 6.25. The largest absolute Gasteiger partial charge is 0.488 e. The molecule has 1 aliphatic rings. The van der Waals surface area contributed by atoms with Crippen molar-refractivity contribution in [1.29, 1.82) is 0 Å².